The predicted molar refractivity (Wildman–Crippen MR) is 149 cm³/mol. The van der Waals surface area contributed by atoms with Crippen molar-refractivity contribution in [1.29, 1.82) is 0 Å². The van der Waals surface area contributed by atoms with E-state index in [0.717, 1.165) is 33.8 Å². The molecule has 0 bridgehead atoms. The van der Waals surface area contributed by atoms with Gasteiger partial charge in [-0.1, -0.05) is 62.0 Å². The minimum Gasteiger partial charge on any atom is -0.309 e. The summed E-state index contributed by atoms with van der Waals surface area (Å²) in [5.74, 6) is 0.263. The van der Waals surface area contributed by atoms with E-state index in [-0.39, 0.29) is 30.3 Å². The monoisotopic (exact) mass is 500 g/mol. The molecule has 6 nitrogen and oxygen atoms in total. The van der Waals surface area contributed by atoms with Gasteiger partial charge in [-0.25, -0.2) is 4.98 Å². The third kappa shape index (κ3) is 4.57. The fourth-order valence-corrected chi connectivity index (χ4v) is 4.85. The Morgan fingerprint density at radius 2 is 1.83 bits per heavy atom. The van der Waals surface area contributed by atoms with E-state index in [1.165, 1.54) is 11.5 Å². The summed E-state index contributed by atoms with van der Waals surface area (Å²) in [6.45, 7) is 9.33. The number of amides is 2. The van der Waals surface area contributed by atoms with Gasteiger partial charge < -0.3 is 10.2 Å². The molecular weight excluding hydrogens is 472 g/mol. The molecule has 0 fully saturated rings. The zero-order valence-corrected chi connectivity index (χ0v) is 21.2. The molecule has 0 saturated carbocycles. The fourth-order valence-electron chi connectivity index (χ4n) is 4.85. The van der Waals surface area contributed by atoms with Crippen molar-refractivity contribution in [3.05, 3.63) is 90.6 Å². The number of pyridine rings is 1. The van der Waals surface area contributed by atoms with Crippen LogP contribution in [0.2, 0.25) is 0 Å². The topological polar surface area (TPSA) is 65.5 Å². The predicted octanol–water partition coefficient (Wildman–Crippen LogP) is 5.69. The lowest BCUT2D eigenvalue weighted by Gasteiger charge is -2.25. The first-order valence-corrected chi connectivity index (χ1v) is 11.9. The zero-order chi connectivity index (χ0) is 24.5. The van der Waals surface area contributed by atoms with Gasteiger partial charge in [-0.2, -0.15) is 0 Å². The summed E-state index contributed by atoms with van der Waals surface area (Å²) in [4.78, 5) is 33.9. The molecule has 1 aliphatic heterocycles. The number of halogens is 1. The highest BCUT2D eigenvalue weighted by Gasteiger charge is 2.27. The van der Waals surface area contributed by atoms with Crippen molar-refractivity contribution in [2.75, 3.05) is 16.8 Å². The molecule has 0 saturated heterocycles. The first-order chi connectivity index (χ1) is 17.0. The first kappa shape index (κ1) is 25.4. The van der Waals surface area contributed by atoms with Gasteiger partial charge in [0, 0.05) is 12.1 Å². The third-order valence-electron chi connectivity index (χ3n) is 6.84. The van der Waals surface area contributed by atoms with E-state index in [2.05, 4.69) is 52.1 Å². The van der Waals surface area contributed by atoms with Crippen molar-refractivity contribution in [1.82, 2.24) is 9.88 Å². The van der Waals surface area contributed by atoms with Crippen LogP contribution in [0.1, 0.15) is 25.0 Å². The Labute approximate surface area is 217 Å². The molecule has 4 aromatic rings. The fraction of sp³-hybridized carbons (Fsp3) is 0.207. The molecule has 0 spiro atoms. The highest BCUT2D eigenvalue weighted by atomic mass is 35.5. The number of fused-ring (bicyclic) bond motifs is 4. The number of nitrogens with one attached hydrogen (secondary N) is 1. The van der Waals surface area contributed by atoms with E-state index in [0.29, 0.717) is 24.6 Å². The first-order valence-electron chi connectivity index (χ1n) is 11.9. The summed E-state index contributed by atoms with van der Waals surface area (Å²) in [6, 6.07) is 20.4. The highest BCUT2D eigenvalue weighted by molar-refractivity contribution is 6.09. The van der Waals surface area contributed by atoms with Crippen molar-refractivity contribution < 1.29 is 9.59 Å². The Balaban J connectivity index is 0.00000304. The normalized spacial score (nSPS) is 15.5. The molecule has 0 radical (unpaired) electrons. The van der Waals surface area contributed by atoms with Crippen LogP contribution in [0.5, 0.6) is 0 Å². The number of aromatic nitrogens is 1. The maximum atomic E-state index is 13.1. The summed E-state index contributed by atoms with van der Waals surface area (Å²) in [7, 11) is 0. The van der Waals surface area contributed by atoms with Crippen molar-refractivity contribution in [2.24, 2.45) is 0 Å². The second kappa shape index (κ2) is 10.5. The molecule has 1 atom stereocenters. The van der Waals surface area contributed by atoms with Crippen LogP contribution in [-0.2, 0) is 22.7 Å². The van der Waals surface area contributed by atoms with Gasteiger partial charge in [0.05, 0.1) is 24.5 Å². The minimum atomic E-state index is -0.257. The van der Waals surface area contributed by atoms with Gasteiger partial charge in [-0.3, -0.25) is 14.5 Å². The number of hydrogen-bond donors (Lipinski definition) is 1. The van der Waals surface area contributed by atoms with Crippen molar-refractivity contribution in [3.63, 3.8) is 0 Å². The van der Waals surface area contributed by atoms with Gasteiger partial charge in [0.25, 0.3) is 5.91 Å². The lowest BCUT2D eigenvalue weighted by Crippen LogP contribution is -2.39. The van der Waals surface area contributed by atoms with E-state index in [4.69, 9.17) is 0 Å². The summed E-state index contributed by atoms with van der Waals surface area (Å²) in [5.41, 5.74) is 2.60. The number of nitrogens with zero attached hydrogens (tertiary/aromatic N) is 3. The molecule has 2 amide bonds. The van der Waals surface area contributed by atoms with E-state index in [1.54, 1.807) is 11.1 Å². The molecule has 1 aromatic heterocycles. The second-order valence-corrected chi connectivity index (χ2v) is 8.86. The Morgan fingerprint density at radius 3 is 2.56 bits per heavy atom. The maximum absolute atomic E-state index is 13.1. The van der Waals surface area contributed by atoms with Gasteiger partial charge in [-0.15, -0.1) is 12.4 Å². The summed E-state index contributed by atoms with van der Waals surface area (Å²) < 4.78 is 0. The van der Waals surface area contributed by atoms with Crippen LogP contribution in [0.25, 0.3) is 21.5 Å². The molecule has 184 valence electrons. The molecule has 36 heavy (non-hydrogen) atoms. The largest absolute Gasteiger partial charge is 0.309 e. The Kier molecular flexibility index (Phi) is 7.38. The number of benzene rings is 3. The van der Waals surface area contributed by atoms with Crippen molar-refractivity contribution in [3.8, 4) is 0 Å². The molecule has 3 aromatic carbocycles. The molecule has 1 N–H and O–H groups in total. The van der Waals surface area contributed by atoms with Crippen LogP contribution in [-0.4, -0.2) is 34.3 Å². The number of anilines is 2. The van der Waals surface area contributed by atoms with E-state index >= 15 is 0 Å². The number of carbonyl (C=O) groups is 2. The van der Waals surface area contributed by atoms with Crippen LogP contribution in [0.3, 0.4) is 0 Å². The van der Waals surface area contributed by atoms with Crippen LogP contribution in [0.4, 0.5) is 11.5 Å². The van der Waals surface area contributed by atoms with E-state index in [9.17, 15) is 9.59 Å². The highest BCUT2D eigenvalue weighted by Crippen LogP contribution is 2.32. The molecule has 0 aliphatic carbocycles. The molecule has 7 heteroatoms. The summed E-state index contributed by atoms with van der Waals surface area (Å²) >= 11 is 0. The van der Waals surface area contributed by atoms with Gasteiger partial charge in [-0.05, 0) is 58.8 Å². The summed E-state index contributed by atoms with van der Waals surface area (Å²) in [6.07, 6.45) is 2.98. The molecule has 1 unspecified atom stereocenters. The molecular formula is C29H29ClN4O2. The molecule has 2 heterocycles. The van der Waals surface area contributed by atoms with Gasteiger partial charge >= 0.3 is 0 Å². The lowest BCUT2D eigenvalue weighted by atomic mass is 9.97. The number of carbonyl (C=O) groups excluding carboxylic acids is 2. The molecule has 5 rings (SSSR count). The van der Waals surface area contributed by atoms with Crippen molar-refractivity contribution in [2.45, 2.75) is 33.0 Å². The number of likely N-dealkylation sites (N-methyl/N-ethyl adjacent to an activating group) is 1. The van der Waals surface area contributed by atoms with E-state index in [1.807, 2.05) is 44.2 Å². The molecule has 1 aliphatic rings. The lowest BCUT2D eigenvalue weighted by molar-refractivity contribution is -0.120. The van der Waals surface area contributed by atoms with Crippen molar-refractivity contribution >= 4 is 57.3 Å². The van der Waals surface area contributed by atoms with Crippen LogP contribution < -0.4 is 10.2 Å². The van der Waals surface area contributed by atoms with Crippen LogP contribution in [0, 0.1) is 0 Å². The SMILES string of the molecule is C=CC(=O)N(Cc1cc2ccccc2c2ccccc12)c1cnc2c(c1)CN(CC)C(C)C(=O)N2.Cl. The Morgan fingerprint density at radius 1 is 1.14 bits per heavy atom. The Hall–Kier alpha value is -3.74. The van der Waals surface area contributed by atoms with E-state index < -0.39 is 0 Å². The van der Waals surface area contributed by atoms with Gasteiger partial charge in [0.15, 0.2) is 0 Å². The van der Waals surface area contributed by atoms with Gasteiger partial charge in [0.1, 0.15) is 5.82 Å². The average molecular weight is 501 g/mol. The van der Waals surface area contributed by atoms with Crippen LogP contribution >= 0.6 is 12.4 Å². The Bertz CT molecular complexity index is 1470. The second-order valence-electron chi connectivity index (χ2n) is 8.86. The number of rotatable bonds is 5. The average Bonchev–Trinajstić information content (AvgIpc) is 3.01. The quantitative estimate of drug-likeness (QED) is 0.282. The standard InChI is InChI=1S/C29H28N4O2.ClH/c1-4-27(34)33(23-15-22-17-32(5-2)19(3)29(35)31-28(22)30-16-23)18-21-14-20-10-6-7-11-24(20)26-13-9-8-12-25(21)26;/h4,6-16,19H,1,5,17-18H2,2-3H3,(H,30,31,35);1H. The number of hydrogen-bond acceptors (Lipinski definition) is 4. The smallest absolute Gasteiger partial charge is 0.250 e. The van der Waals surface area contributed by atoms with Gasteiger partial charge in [0.2, 0.25) is 5.91 Å². The minimum absolute atomic E-state index is 0. The summed E-state index contributed by atoms with van der Waals surface area (Å²) in [5, 5.41) is 7.50. The maximum Gasteiger partial charge on any atom is 0.250 e. The zero-order valence-electron chi connectivity index (χ0n) is 20.4. The third-order valence-corrected chi connectivity index (χ3v) is 6.84. The van der Waals surface area contributed by atoms with Crippen LogP contribution in [0.15, 0.2) is 79.5 Å².